The summed E-state index contributed by atoms with van der Waals surface area (Å²) in [6.45, 7) is -2.02. The third kappa shape index (κ3) is 9.16. The molecular weight excluding hydrogens is 618 g/mol. The number of thiol groups is 1. The predicted octanol–water partition coefficient (Wildman–Crippen LogP) is -6.33. The van der Waals surface area contributed by atoms with Crippen molar-refractivity contribution >= 4 is 18.5 Å². The number of hydrogen-bond donors (Lipinski definition) is 12. The molecule has 0 aliphatic carbocycles. The van der Waals surface area contributed by atoms with Crippen LogP contribution in [0.15, 0.2) is 0 Å². The van der Waals surface area contributed by atoms with Crippen LogP contribution in [0.5, 0.6) is 0 Å². The molecule has 11 N–H and O–H groups in total. The van der Waals surface area contributed by atoms with Gasteiger partial charge in [-0.05, 0) is 18.6 Å². The van der Waals surface area contributed by atoms with Gasteiger partial charge in [-0.2, -0.15) is 12.6 Å². The monoisotopic (exact) mass is 663 g/mol. The van der Waals surface area contributed by atoms with E-state index in [-0.39, 0.29) is 19.1 Å². The van der Waals surface area contributed by atoms with E-state index in [0.717, 1.165) is 0 Å². The Balaban J connectivity index is 1.62. The van der Waals surface area contributed by atoms with Crippen LogP contribution in [0, 0.1) is 0 Å². The lowest BCUT2D eigenvalue weighted by molar-refractivity contribution is -0.380. The van der Waals surface area contributed by atoms with E-state index in [1.807, 2.05) is 0 Å². The number of hydrogen-bond acceptors (Lipinski definition) is 18. The largest absolute Gasteiger partial charge is 0.394 e. The van der Waals surface area contributed by atoms with Crippen LogP contribution < -0.4 is 5.32 Å². The molecule has 0 aromatic heterocycles. The fourth-order valence-corrected chi connectivity index (χ4v) is 5.16. The number of carbonyl (C=O) groups excluding carboxylic acids is 1. The molecule has 9 unspecified atom stereocenters. The average molecular weight is 664 g/mol. The van der Waals surface area contributed by atoms with Gasteiger partial charge in [-0.3, -0.25) is 4.79 Å². The number of nitrogens with one attached hydrogen (secondary N) is 1. The molecule has 0 bridgehead atoms. The minimum atomic E-state index is -1.92. The topological polar surface area (TPSA) is 287 Å². The Labute approximate surface area is 258 Å². The van der Waals surface area contributed by atoms with Crippen molar-refractivity contribution in [1.82, 2.24) is 5.32 Å². The maximum atomic E-state index is 11.7. The van der Waals surface area contributed by atoms with Crippen LogP contribution >= 0.6 is 12.6 Å². The van der Waals surface area contributed by atoms with E-state index in [0.29, 0.717) is 25.0 Å². The fraction of sp³-hybridized carbons (Fsp3) is 0.960. The van der Waals surface area contributed by atoms with Crippen LogP contribution in [0.1, 0.15) is 19.3 Å². The van der Waals surface area contributed by atoms with Crippen molar-refractivity contribution in [3.8, 4) is 0 Å². The second-order valence-electron chi connectivity index (χ2n) is 10.7. The standard InChI is InChI=1S/C25H45NO17S/c27-7-10-14(31)16(33)18(35)24(39-10)43-22-15(32)11(8-28)40-25(20(22)37)42-21-12(9-29)41-23(19(36)17(21)34)38-5-2-4-26-13(30)3-1-6-44/h10-12,14-25,27-29,31-37,44H,1-9H2,(H,26,30)/t10?,11?,12?,14-,15-,16?,17?,18?,19?,20?,21+,22?,23+,24+,25-/m0/s1. The molecule has 3 aliphatic heterocycles. The molecular formula is C25H45NO17S. The van der Waals surface area contributed by atoms with Gasteiger partial charge in [0.2, 0.25) is 5.91 Å². The molecule has 0 radical (unpaired) electrons. The van der Waals surface area contributed by atoms with Crippen molar-refractivity contribution in [2.75, 3.05) is 38.7 Å². The lowest BCUT2D eigenvalue weighted by atomic mass is 9.96. The average Bonchev–Trinajstić information content (AvgIpc) is 3.02. The Hall–Kier alpha value is -0.820. The second-order valence-corrected chi connectivity index (χ2v) is 11.2. The minimum Gasteiger partial charge on any atom is -0.394 e. The van der Waals surface area contributed by atoms with Gasteiger partial charge in [0.15, 0.2) is 18.9 Å². The van der Waals surface area contributed by atoms with Crippen LogP contribution in [0.4, 0.5) is 0 Å². The summed E-state index contributed by atoms with van der Waals surface area (Å²) in [5.41, 5.74) is 0. The van der Waals surface area contributed by atoms with Gasteiger partial charge in [-0.1, -0.05) is 0 Å². The van der Waals surface area contributed by atoms with Crippen molar-refractivity contribution in [2.45, 2.75) is 111 Å². The first-order valence-electron chi connectivity index (χ1n) is 14.3. The van der Waals surface area contributed by atoms with Crippen LogP contribution in [0.25, 0.3) is 0 Å². The molecule has 15 atom stereocenters. The second kappa shape index (κ2) is 17.9. The Morgan fingerprint density at radius 1 is 0.636 bits per heavy atom. The van der Waals surface area contributed by atoms with Crippen LogP contribution in [0.2, 0.25) is 0 Å². The summed E-state index contributed by atoms with van der Waals surface area (Å²) < 4.78 is 33.0. The van der Waals surface area contributed by atoms with Crippen LogP contribution in [-0.4, -0.2) is 188 Å². The fourth-order valence-electron chi connectivity index (χ4n) is 5.00. The summed E-state index contributed by atoms with van der Waals surface area (Å²) in [6.07, 6.45) is -23.5. The molecule has 0 saturated carbocycles. The molecule has 3 heterocycles. The summed E-state index contributed by atoms with van der Waals surface area (Å²) in [5, 5.41) is 105. The third-order valence-electron chi connectivity index (χ3n) is 7.56. The SMILES string of the molecule is O=C(CCCS)NCCCO[C@@H]1OC(CO)[C@@H](O[C@@H]2OC(CO)[C@H](O)C(O[C@H]3OC(CO)[C@H](O)C(O)C3O)C2O)C(O)C1O. The van der Waals surface area contributed by atoms with Gasteiger partial charge < -0.3 is 84.8 Å². The Morgan fingerprint density at radius 3 is 1.80 bits per heavy atom. The zero-order valence-electron chi connectivity index (χ0n) is 23.8. The van der Waals surface area contributed by atoms with E-state index < -0.39 is 112 Å². The predicted molar refractivity (Wildman–Crippen MR) is 146 cm³/mol. The van der Waals surface area contributed by atoms with Crippen molar-refractivity contribution in [2.24, 2.45) is 0 Å². The van der Waals surface area contributed by atoms with E-state index in [2.05, 4.69) is 17.9 Å². The lowest BCUT2D eigenvalue weighted by Gasteiger charge is -2.48. The zero-order valence-corrected chi connectivity index (χ0v) is 24.7. The number of ether oxygens (including phenoxy) is 6. The maximum Gasteiger partial charge on any atom is 0.220 e. The number of aliphatic hydroxyl groups is 10. The molecule has 0 aromatic rings. The molecule has 3 fully saturated rings. The number of amides is 1. The molecule has 19 heteroatoms. The van der Waals surface area contributed by atoms with E-state index >= 15 is 0 Å². The van der Waals surface area contributed by atoms with Gasteiger partial charge in [-0.25, -0.2) is 0 Å². The first kappa shape index (κ1) is 37.6. The molecule has 0 aromatic carbocycles. The van der Waals surface area contributed by atoms with E-state index in [4.69, 9.17) is 28.4 Å². The number of aliphatic hydroxyl groups excluding tert-OH is 10. The highest BCUT2D eigenvalue weighted by Crippen LogP contribution is 2.32. The molecule has 0 spiro atoms. The third-order valence-corrected chi connectivity index (χ3v) is 7.88. The Bertz CT molecular complexity index is 859. The van der Waals surface area contributed by atoms with Gasteiger partial charge in [0.05, 0.1) is 26.4 Å². The molecule has 44 heavy (non-hydrogen) atoms. The summed E-state index contributed by atoms with van der Waals surface area (Å²) in [7, 11) is 0. The van der Waals surface area contributed by atoms with Crippen LogP contribution in [0.3, 0.4) is 0 Å². The molecule has 18 nitrogen and oxygen atoms in total. The Morgan fingerprint density at radius 2 is 1.18 bits per heavy atom. The molecule has 1 amide bonds. The summed E-state index contributed by atoms with van der Waals surface area (Å²) in [4.78, 5) is 11.7. The van der Waals surface area contributed by atoms with Crippen molar-refractivity contribution in [1.29, 1.82) is 0 Å². The van der Waals surface area contributed by atoms with Gasteiger partial charge in [0, 0.05) is 13.0 Å². The van der Waals surface area contributed by atoms with Gasteiger partial charge in [0.25, 0.3) is 0 Å². The first-order valence-corrected chi connectivity index (χ1v) is 15.0. The van der Waals surface area contributed by atoms with E-state index in [1.54, 1.807) is 0 Å². The maximum absolute atomic E-state index is 11.7. The molecule has 3 aliphatic rings. The van der Waals surface area contributed by atoms with Gasteiger partial charge >= 0.3 is 0 Å². The lowest BCUT2D eigenvalue weighted by Crippen LogP contribution is -2.66. The first-order chi connectivity index (χ1) is 21.0. The van der Waals surface area contributed by atoms with Crippen LogP contribution in [-0.2, 0) is 33.2 Å². The minimum absolute atomic E-state index is 0.0163. The summed E-state index contributed by atoms with van der Waals surface area (Å²) >= 11 is 4.05. The van der Waals surface area contributed by atoms with Crippen molar-refractivity contribution < 1.29 is 84.3 Å². The van der Waals surface area contributed by atoms with E-state index in [9.17, 15) is 55.9 Å². The highest BCUT2D eigenvalue weighted by Gasteiger charge is 2.53. The highest BCUT2D eigenvalue weighted by atomic mass is 32.1. The van der Waals surface area contributed by atoms with Crippen molar-refractivity contribution in [3.63, 3.8) is 0 Å². The number of rotatable bonds is 15. The van der Waals surface area contributed by atoms with Crippen molar-refractivity contribution in [3.05, 3.63) is 0 Å². The molecule has 3 rings (SSSR count). The molecule has 258 valence electrons. The highest BCUT2D eigenvalue weighted by molar-refractivity contribution is 7.80. The van der Waals surface area contributed by atoms with E-state index in [1.165, 1.54) is 0 Å². The quantitative estimate of drug-likeness (QED) is 0.0573. The van der Waals surface area contributed by atoms with Gasteiger partial charge in [-0.15, -0.1) is 0 Å². The van der Waals surface area contributed by atoms with Gasteiger partial charge in [0.1, 0.15) is 73.2 Å². The Kier molecular flexibility index (Phi) is 15.3. The normalized spacial score (nSPS) is 43.1. The zero-order chi connectivity index (χ0) is 32.6. The molecule has 3 saturated heterocycles. The smallest absolute Gasteiger partial charge is 0.220 e. The number of carbonyl (C=O) groups is 1. The summed E-state index contributed by atoms with van der Waals surface area (Å²) in [5.74, 6) is 0.436. The summed E-state index contributed by atoms with van der Waals surface area (Å²) in [6, 6.07) is 0.